The number of fused-ring (bicyclic) bond motifs is 2. The van der Waals surface area contributed by atoms with Crippen molar-refractivity contribution in [3.05, 3.63) is 29.8 Å². The first-order valence-electron chi connectivity index (χ1n) is 16.6. The van der Waals surface area contributed by atoms with E-state index in [4.69, 9.17) is 14.6 Å². The van der Waals surface area contributed by atoms with Gasteiger partial charge in [0.2, 0.25) is 23.6 Å². The Kier molecular flexibility index (Phi) is 18.0. The lowest BCUT2D eigenvalue weighted by Crippen LogP contribution is -2.57. The van der Waals surface area contributed by atoms with Crippen molar-refractivity contribution < 1.29 is 43.7 Å². The second-order valence-electron chi connectivity index (χ2n) is 12.4. The second-order valence-corrected chi connectivity index (χ2v) is 12.4. The number of ether oxygens (including phenoxy) is 1. The molecule has 0 saturated carbocycles. The Morgan fingerprint density at radius 2 is 1.67 bits per heavy atom. The molecular weight excluding hydrogens is 624 g/mol. The summed E-state index contributed by atoms with van der Waals surface area (Å²) in [6.07, 6.45) is 2.64. The molecule has 1 aromatic carbocycles. The lowest BCUT2D eigenvalue weighted by Gasteiger charge is -2.26. The summed E-state index contributed by atoms with van der Waals surface area (Å²) >= 11 is 0. The van der Waals surface area contributed by atoms with E-state index in [-0.39, 0.29) is 43.3 Å². The van der Waals surface area contributed by atoms with Gasteiger partial charge < -0.3 is 46.4 Å². The maximum Gasteiger partial charge on any atom is 0.290 e. The number of amides is 5. The van der Waals surface area contributed by atoms with Crippen molar-refractivity contribution >= 4 is 36.0 Å². The van der Waals surface area contributed by atoms with Crippen molar-refractivity contribution in [2.24, 2.45) is 5.92 Å². The van der Waals surface area contributed by atoms with E-state index in [1.54, 1.807) is 29.2 Å². The fourth-order valence-electron chi connectivity index (χ4n) is 5.43. The third-order valence-electron chi connectivity index (χ3n) is 7.81. The number of nitrogens with one attached hydrogen (secondary N) is 5. The Morgan fingerprint density at radius 3 is 2.33 bits per heavy atom. The molecule has 2 aliphatic heterocycles. The molecule has 1 unspecified atom stereocenters. The van der Waals surface area contributed by atoms with Gasteiger partial charge in [-0.2, -0.15) is 0 Å². The van der Waals surface area contributed by atoms with Gasteiger partial charge in [-0.1, -0.05) is 26.0 Å². The molecule has 0 aromatic heterocycles. The van der Waals surface area contributed by atoms with E-state index in [9.17, 15) is 29.1 Å². The van der Waals surface area contributed by atoms with Crippen molar-refractivity contribution in [2.45, 2.75) is 89.9 Å². The SMILES string of the molecule is CC(C)C[C@H]1NC(=O)Cc2cccc(c2)OCC(=O)NCCCN(C(=O)[C@@H]2CCCN2)CCCCNC(=O)C([C@@H](C)O)NC1=O.O=CO. The predicted octanol–water partition coefficient (Wildman–Crippen LogP) is -0.298. The molecule has 4 atom stereocenters. The van der Waals surface area contributed by atoms with Crippen LogP contribution >= 0.6 is 0 Å². The Hall–Kier alpha value is -4.24. The zero-order valence-electron chi connectivity index (χ0n) is 28.2. The number of hydrogen-bond acceptors (Lipinski definition) is 9. The van der Waals surface area contributed by atoms with Gasteiger partial charge in [0, 0.05) is 26.2 Å². The van der Waals surface area contributed by atoms with Crippen LogP contribution in [0.25, 0.3) is 0 Å². The van der Waals surface area contributed by atoms with Gasteiger partial charge in [0.1, 0.15) is 17.8 Å². The zero-order chi connectivity index (χ0) is 35.5. The number of carbonyl (C=O) groups excluding carboxylic acids is 5. The molecule has 2 heterocycles. The Morgan fingerprint density at radius 1 is 0.958 bits per heavy atom. The number of aliphatic hydroxyl groups is 1. The van der Waals surface area contributed by atoms with Crippen LogP contribution in [0.2, 0.25) is 0 Å². The molecule has 2 bridgehead atoms. The van der Waals surface area contributed by atoms with Gasteiger partial charge in [-0.15, -0.1) is 0 Å². The largest absolute Gasteiger partial charge is 0.484 e. The first-order chi connectivity index (χ1) is 22.9. The molecular formula is C33H52N6O9. The van der Waals surface area contributed by atoms with E-state index in [0.29, 0.717) is 63.2 Å². The molecule has 1 aromatic rings. The average Bonchev–Trinajstić information content (AvgIpc) is 3.57. The second kappa shape index (κ2) is 21.6. The highest BCUT2D eigenvalue weighted by Crippen LogP contribution is 2.15. The van der Waals surface area contributed by atoms with Crippen LogP contribution in [0.5, 0.6) is 5.75 Å². The van der Waals surface area contributed by atoms with Gasteiger partial charge in [-0.3, -0.25) is 28.8 Å². The lowest BCUT2D eigenvalue weighted by atomic mass is 10.0. The van der Waals surface area contributed by atoms with Crippen LogP contribution in [0, 0.1) is 5.92 Å². The summed E-state index contributed by atoms with van der Waals surface area (Å²) < 4.78 is 5.65. The fraction of sp³-hybridized carbons (Fsp3) is 0.636. The minimum Gasteiger partial charge on any atom is -0.484 e. The van der Waals surface area contributed by atoms with Gasteiger partial charge in [0.25, 0.3) is 12.4 Å². The monoisotopic (exact) mass is 676 g/mol. The number of aliphatic hydroxyl groups excluding tert-OH is 1. The quantitative estimate of drug-likeness (QED) is 0.207. The summed E-state index contributed by atoms with van der Waals surface area (Å²) in [5, 5.41) is 31.5. The predicted molar refractivity (Wildman–Crippen MR) is 177 cm³/mol. The average molecular weight is 677 g/mol. The summed E-state index contributed by atoms with van der Waals surface area (Å²) in [5.74, 6) is -1.26. The number of carbonyl (C=O) groups is 6. The highest BCUT2D eigenvalue weighted by atomic mass is 16.5. The molecule has 7 N–H and O–H groups in total. The molecule has 0 aliphatic carbocycles. The summed E-state index contributed by atoms with van der Waals surface area (Å²) in [5.41, 5.74) is 0.631. The van der Waals surface area contributed by atoms with E-state index in [1.165, 1.54) is 6.92 Å². The van der Waals surface area contributed by atoms with Crippen molar-refractivity contribution in [1.29, 1.82) is 0 Å². The van der Waals surface area contributed by atoms with E-state index < -0.39 is 35.9 Å². The van der Waals surface area contributed by atoms with Crippen LogP contribution < -0.4 is 31.3 Å². The van der Waals surface area contributed by atoms with Crippen molar-refractivity contribution in [1.82, 2.24) is 31.5 Å². The molecule has 2 aliphatic rings. The van der Waals surface area contributed by atoms with Gasteiger partial charge in [0.15, 0.2) is 6.61 Å². The van der Waals surface area contributed by atoms with Gasteiger partial charge >= 0.3 is 0 Å². The number of hydrogen-bond donors (Lipinski definition) is 7. The number of carboxylic acid groups (broad SMARTS) is 1. The highest BCUT2D eigenvalue weighted by Gasteiger charge is 2.30. The highest BCUT2D eigenvalue weighted by molar-refractivity contribution is 5.92. The standard InChI is InChI=1S/C32H50N6O7.CH2O2/c1-21(2)17-26-30(42)37-29(22(3)39)31(43)35-12-4-5-15-38(32(44)25-11-7-13-33-25)16-8-14-34-28(41)20-45-24-10-6-9-23(18-24)19-27(40)36-26;2-1-3/h6,9-10,18,21-22,25-26,29,33,39H,4-5,7-8,11-17,19-20H2,1-3H3,(H,34,41)(H,35,43)(H,36,40)(H,37,42);1H,(H,2,3)/t22-,25+,26-,29?;/m1./s1. The molecule has 5 amide bonds. The van der Waals surface area contributed by atoms with Gasteiger partial charge in [-0.05, 0) is 75.6 Å². The summed E-state index contributed by atoms with van der Waals surface area (Å²) in [7, 11) is 0. The first-order valence-corrected chi connectivity index (χ1v) is 16.6. The minimum absolute atomic E-state index is 0.0306. The molecule has 1 fully saturated rings. The van der Waals surface area contributed by atoms with Crippen LogP contribution in [-0.4, -0.2) is 115 Å². The van der Waals surface area contributed by atoms with E-state index in [0.717, 1.165) is 19.4 Å². The van der Waals surface area contributed by atoms with Gasteiger partial charge in [0.05, 0.1) is 18.6 Å². The van der Waals surface area contributed by atoms with Crippen molar-refractivity contribution in [3.63, 3.8) is 0 Å². The lowest BCUT2D eigenvalue weighted by molar-refractivity contribution is -0.134. The molecule has 15 nitrogen and oxygen atoms in total. The molecule has 0 radical (unpaired) electrons. The van der Waals surface area contributed by atoms with Crippen LogP contribution in [0.1, 0.15) is 64.9 Å². The summed E-state index contributed by atoms with van der Waals surface area (Å²) in [4.78, 5) is 75.0. The Balaban J connectivity index is 0.00000257. The zero-order valence-corrected chi connectivity index (χ0v) is 28.2. The topological polar surface area (TPSA) is 215 Å². The molecule has 1 saturated heterocycles. The number of benzene rings is 1. The smallest absolute Gasteiger partial charge is 0.290 e. The van der Waals surface area contributed by atoms with Crippen LogP contribution in [0.4, 0.5) is 0 Å². The van der Waals surface area contributed by atoms with Crippen molar-refractivity contribution in [2.75, 3.05) is 39.3 Å². The number of rotatable bonds is 4. The first kappa shape index (κ1) is 39.9. The molecule has 15 heteroatoms. The van der Waals surface area contributed by atoms with Gasteiger partial charge in [-0.25, -0.2) is 0 Å². The fourth-order valence-corrected chi connectivity index (χ4v) is 5.43. The van der Waals surface area contributed by atoms with Crippen LogP contribution in [0.3, 0.4) is 0 Å². The third-order valence-corrected chi connectivity index (χ3v) is 7.81. The molecule has 3 rings (SSSR count). The van der Waals surface area contributed by atoms with E-state index >= 15 is 0 Å². The third kappa shape index (κ3) is 14.7. The molecule has 48 heavy (non-hydrogen) atoms. The normalized spacial score (nSPS) is 23.1. The summed E-state index contributed by atoms with van der Waals surface area (Å²) in [6.45, 7) is 7.26. The Labute approximate surface area is 281 Å². The van der Waals surface area contributed by atoms with E-state index in [1.807, 2.05) is 13.8 Å². The van der Waals surface area contributed by atoms with E-state index in [2.05, 4.69) is 26.6 Å². The Bertz CT molecular complexity index is 1210. The maximum atomic E-state index is 13.3. The molecule has 0 spiro atoms. The maximum absolute atomic E-state index is 13.3. The number of nitrogens with zero attached hydrogens (tertiary/aromatic N) is 1. The molecule has 268 valence electrons. The van der Waals surface area contributed by atoms with Crippen LogP contribution in [-0.2, 0) is 35.2 Å². The summed E-state index contributed by atoms with van der Waals surface area (Å²) in [6, 6.07) is 4.48. The van der Waals surface area contributed by atoms with Crippen molar-refractivity contribution in [3.8, 4) is 5.75 Å². The minimum atomic E-state index is -1.20. The van der Waals surface area contributed by atoms with Crippen LogP contribution in [0.15, 0.2) is 24.3 Å².